The molecule has 0 radical (unpaired) electrons. The number of hydrogen-bond acceptors (Lipinski definition) is 4. The van der Waals surface area contributed by atoms with E-state index in [0.29, 0.717) is 6.54 Å². The van der Waals surface area contributed by atoms with Gasteiger partial charge in [0, 0.05) is 19.8 Å². The van der Waals surface area contributed by atoms with Crippen LogP contribution >= 0.6 is 11.6 Å². The highest BCUT2D eigenvalue weighted by Crippen LogP contribution is 2.27. The van der Waals surface area contributed by atoms with Crippen molar-refractivity contribution in [3.8, 4) is 0 Å². The van der Waals surface area contributed by atoms with Crippen LogP contribution in [0.1, 0.15) is 19.8 Å². The van der Waals surface area contributed by atoms with Crippen molar-refractivity contribution >= 4 is 31.5 Å². The topological polar surface area (TPSA) is 71.5 Å². The number of benzene rings is 1. The summed E-state index contributed by atoms with van der Waals surface area (Å²) >= 11 is 5.91. The van der Waals surface area contributed by atoms with E-state index in [1.54, 1.807) is 0 Å². The van der Waals surface area contributed by atoms with Crippen molar-refractivity contribution in [3.63, 3.8) is 0 Å². The van der Waals surface area contributed by atoms with Crippen molar-refractivity contribution in [3.05, 3.63) is 23.2 Å². The number of nitrogens with zero attached hydrogens (tertiary/aromatic N) is 1. The first-order valence-electron chi connectivity index (χ1n) is 6.06. The summed E-state index contributed by atoms with van der Waals surface area (Å²) in [6.07, 6.45) is 2.60. The maximum Gasteiger partial charge on any atom is 0.244 e. The van der Waals surface area contributed by atoms with Gasteiger partial charge < -0.3 is 0 Å². The van der Waals surface area contributed by atoms with Gasteiger partial charge in [-0.15, -0.1) is 0 Å². The molecule has 0 bridgehead atoms. The fourth-order valence-corrected chi connectivity index (χ4v) is 4.01. The summed E-state index contributed by atoms with van der Waals surface area (Å²) in [4.78, 5) is -0.245. The molecule has 1 rings (SSSR count). The van der Waals surface area contributed by atoms with Crippen molar-refractivity contribution < 1.29 is 16.8 Å². The van der Waals surface area contributed by atoms with E-state index in [4.69, 9.17) is 11.6 Å². The zero-order valence-corrected chi connectivity index (χ0v) is 14.0. The van der Waals surface area contributed by atoms with Gasteiger partial charge in [0.05, 0.1) is 9.92 Å². The van der Waals surface area contributed by atoms with Crippen LogP contribution in [0, 0.1) is 0 Å². The van der Waals surface area contributed by atoms with Crippen molar-refractivity contribution in [2.75, 3.05) is 19.8 Å². The third-order valence-corrected chi connectivity index (χ3v) is 6.29. The summed E-state index contributed by atoms with van der Waals surface area (Å²) in [5.41, 5.74) is 0. The van der Waals surface area contributed by atoms with E-state index in [1.165, 1.54) is 23.5 Å². The standard InChI is InChI=1S/C12H18ClNO4S2/c1-4-5-8-14(2)20(17,18)12-9-10(19(3,15)16)6-7-11(12)13/h6-7,9H,4-5,8H2,1-3H3. The second kappa shape index (κ2) is 6.43. The van der Waals surface area contributed by atoms with Gasteiger partial charge in [0.25, 0.3) is 0 Å². The average Bonchev–Trinajstić information content (AvgIpc) is 2.34. The summed E-state index contributed by atoms with van der Waals surface area (Å²) in [6.45, 7) is 2.32. The number of rotatable bonds is 6. The molecule has 0 amide bonds. The minimum Gasteiger partial charge on any atom is -0.224 e. The van der Waals surface area contributed by atoms with Crippen molar-refractivity contribution in [1.29, 1.82) is 0 Å². The molecule has 0 saturated heterocycles. The van der Waals surface area contributed by atoms with Crippen molar-refractivity contribution in [2.24, 2.45) is 0 Å². The monoisotopic (exact) mass is 339 g/mol. The van der Waals surface area contributed by atoms with Gasteiger partial charge in [-0.3, -0.25) is 0 Å². The molecular formula is C12H18ClNO4S2. The smallest absolute Gasteiger partial charge is 0.224 e. The summed E-state index contributed by atoms with van der Waals surface area (Å²) in [7, 11) is -5.82. The average molecular weight is 340 g/mol. The van der Waals surface area contributed by atoms with Crippen LogP contribution in [-0.4, -0.2) is 41.0 Å². The van der Waals surface area contributed by atoms with Gasteiger partial charge in [0.15, 0.2) is 9.84 Å². The SMILES string of the molecule is CCCCN(C)S(=O)(=O)c1cc(S(C)(=O)=O)ccc1Cl. The van der Waals surface area contributed by atoms with E-state index in [2.05, 4.69) is 0 Å². The Morgan fingerprint density at radius 2 is 1.80 bits per heavy atom. The van der Waals surface area contributed by atoms with Crippen molar-refractivity contribution in [2.45, 2.75) is 29.6 Å². The molecule has 0 aliphatic heterocycles. The third kappa shape index (κ3) is 3.94. The number of sulfonamides is 1. The fourth-order valence-electron chi connectivity index (χ4n) is 1.58. The molecule has 0 aromatic heterocycles. The summed E-state index contributed by atoms with van der Waals surface area (Å²) in [6, 6.07) is 3.69. The van der Waals surface area contributed by atoms with Crippen LogP contribution in [0.5, 0.6) is 0 Å². The Kier molecular flexibility index (Phi) is 5.60. The van der Waals surface area contributed by atoms with Crippen LogP contribution in [-0.2, 0) is 19.9 Å². The number of sulfone groups is 1. The molecule has 0 aliphatic rings. The molecule has 1 aromatic rings. The fraction of sp³-hybridized carbons (Fsp3) is 0.500. The molecule has 0 saturated carbocycles. The first-order chi connectivity index (χ1) is 9.10. The van der Waals surface area contributed by atoms with E-state index in [0.717, 1.165) is 25.2 Å². The van der Waals surface area contributed by atoms with Crippen molar-refractivity contribution in [1.82, 2.24) is 4.31 Å². The van der Waals surface area contributed by atoms with Gasteiger partial charge in [-0.05, 0) is 24.6 Å². The Morgan fingerprint density at radius 1 is 1.20 bits per heavy atom. The second-order valence-electron chi connectivity index (χ2n) is 4.54. The Balaban J connectivity index is 3.31. The lowest BCUT2D eigenvalue weighted by molar-refractivity contribution is 0.459. The zero-order valence-electron chi connectivity index (χ0n) is 11.6. The Labute approximate surface area is 125 Å². The van der Waals surface area contributed by atoms with Gasteiger partial charge in [-0.2, -0.15) is 0 Å². The van der Waals surface area contributed by atoms with Gasteiger partial charge >= 0.3 is 0 Å². The predicted molar refractivity (Wildman–Crippen MR) is 79.3 cm³/mol. The Bertz CT molecular complexity index is 683. The molecule has 20 heavy (non-hydrogen) atoms. The van der Waals surface area contributed by atoms with Crippen LogP contribution in [0.4, 0.5) is 0 Å². The number of unbranched alkanes of at least 4 members (excludes halogenated alkanes) is 1. The molecular weight excluding hydrogens is 322 g/mol. The maximum absolute atomic E-state index is 12.4. The molecule has 0 aliphatic carbocycles. The summed E-state index contributed by atoms with van der Waals surface area (Å²) < 4.78 is 49.0. The van der Waals surface area contributed by atoms with Crippen LogP contribution in [0.2, 0.25) is 5.02 Å². The van der Waals surface area contributed by atoms with Gasteiger partial charge in [-0.25, -0.2) is 21.1 Å². The number of halogens is 1. The minimum absolute atomic E-state index is 0.0146. The minimum atomic E-state index is -3.79. The molecule has 0 heterocycles. The van der Waals surface area contributed by atoms with E-state index >= 15 is 0 Å². The van der Waals surface area contributed by atoms with E-state index in [9.17, 15) is 16.8 Å². The summed E-state index contributed by atoms with van der Waals surface area (Å²) in [5, 5.41) is 0.0146. The highest BCUT2D eigenvalue weighted by Gasteiger charge is 2.24. The maximum atomic E-state index is 12.4. The molecule has 0 unspecified atom stereocenters. The predicted octanol–water partition coefficient (Wildman–Crippen LogP) is 2.16. The second-order valence-corrected chi connectivity index (χ2v) is 8.98. The van der Waals surface area contributed by atoms with Crippen LogP contribution in [0.25, 0.3) is 0 Å². The van der Waals surface area contributed by atoms with Crippen LogP contribution in [0.3, 0.4) is 0 Å². The lowest BCUT2D eigenvalue weighted by Gasteiger charge is -2.18. The molecule has 0 fully saturated rings. The Hall–Kier alpha value is -0.630. The summed E-state index contributed by atoms with van der Waals surface area (Å²) in [5.74, 6) is 0. The third-order valence-electron chi connectivity index (χ3n) is 2.85. The molecule has 114 valence electrons. The molecule has 8 heteroatoms. The largest absolute Gasteiger partial charge is 0.244 e. The first-order valence-corrected chi connectivity index (χ1v) is 9.77. The lowest BCUT2D eigenvalue weighted by Crippen LogP contribution is -2.28. The Morgan fingerprint density at radius 3 is 2.30 bits per heavy atom. The van der Waals surface area contributed by atoms with E-state index in [1.807, 2.05) is 6.92 Å². The first kappa shape index (κ1) is 17.4. The zero-order chi connectivity index (χ0) is 15.6. The normalized spacial score (nSPS) is 12.8. The van der Waals surface area contributed by atoms with Gasteiger partial charge in [0.1, 0.15) is 4.90 Å². The molecule has 5 nitrogen and oxygen atoms in total. The molecule has 0 N–H and O–H groups in total. The van der Waals surface area contributed by atoms with Crippen LogP contribution < -0.4 is 0 Å². The number of hydrogen-bond donors (Lipinski definition) is 0. The molecule has 0 spiro atoms. The van der Waals surface area contributed by atoms with Crippen LogP contribution in [0.15, 0.2) is 28.0 Å². The van der Waals surface area contributed by atoms with Gasteiger partial charge in [0.2, 0.25) is 10.0 Å². The molecule has 1 aromatic carbocycles. The highest BCUT2D eigenvalue weighted by molar-refractivity contribution is 7.91. The molecule has 0 atom stereocenters. The van der Waals surface area contributed by atoms with E-state index < -0.39 is 19.9 Å². The lowest BCUT2D eigenvalue weighted by atomic mass is 10.3. The van der Waals surface area contributed by atoms with E-state index in [-0.39, 0.29) is 14.8 Å². The van der Waals surface area contributed by atoms with Gasteiger partial charge in [-0.1, -0.05) is 24.9 Å². The quantitative estimate of drug-likeness (QED) is 0.796. The highest BCUT2D eigenvalue weighted by atomic mass is 35.5.